The molecule has 2 N–H and O–H groups in total. The summed E-state index contributed by atoms with van der Waals surface area (Å²) in [5.41, 5.74) is 6.44. The number of nitrogens with zero attached hydrogens (tertiary/aromatic N) is 1. The van der Waals surface area contributed by atoms with E-state index in [9.17, 15) is 9.59 Å². The van der Waals surface area contributed by atoms with Gasteiger partial charge >= 0.3 is 5.97 Å². The third kappa shape index (κ3) is 4.81. The molecule has 2 unspecified atom stereocenters. The molecule has 1 fully saturated rings. The Labute approximate surface area is 144 Å². The highest BCUT2D eigenvalue weighted by Crippen LogP contribution is 2.33. The molecule has 2 atom stereocenters. The summed E-state index contributed by atoms with van der Waals surface area (Å²) in [7, 11) is 0. The van der Waals surface area contributed by atoms with Gasteiger partial charge in [0.05, 0.1) is 6.04 Å². The van der Waals surface area contributed by atoms with Crippen LogP contribution in [0.15, 0.2) is 30.3 Å². The molecule has 2 rings (SSSR count). The molecule has 0 saturated carbocycles. The lowest BCUT2D eigenvalue weighted by molar-refractivity contribution is -0.148. The molecule has 24 heavy (non-hydrogen) atoms. The number of ether oxygens (including phenoxy) is 1. The van der Waals surface area contributed by atoms with E-state index >= 15 is 0 Å². The third-order valence-electron chi connectivity index (χ3n) is 4.63. The van der Waals surface area contributed by atoms with Crippen LogP contribution in [0.2, 0.25) is 0 Å². The molecule has 5 heteroatoms. The summed E-state index contributed by atoms with van der Waals surface area (Å²) in [4.78, 5) is 26.2. The number of likely N-dealkylation sites (tertiary alicyclic amines) is 1. The zero-order chi connectivity index (χ0) is 17.7. The smallest absolute Gasteiger partial charge is 0.306 e. The average Bonchev–Trinajstić information content (AvgIpc) is 2.52. The van der Waals surface area contributed by atoms with E-state index in [1.54, 1.807) is 6.92 Å². The van der Waals surface area contributed by atoms with Gasteiger partial charge in [-0.2, -0.15) is 0 Å². The van der Waals surface area contributed by atoms with E-state index < -0.39 is 6.04 Å². The second-order valence-electron chi connectivity index (χ2n) is 7.30. The quantitative estimate of drug-likeness (QED) is 0.841. The van der Waals surface area contributed by atoms with Crippen LogP contribution >= 0.6 is 0 Å². The number of esters is 1. The standard InChI is InChI=1S/C19H28N2O3/c1-14(20)18(23)21-10-9-16(12-19(21,2)3)11-17(22)24-13-15-7-5-4-6-8-15/h4-8,14,16H,9-13,20H2,1-3H3. The number of carbonyl (C=O) groups excluding carboxylic acids is 2. The van der Waals surface area contributed by atoms with Gasteiger partial charge in [0.15, 0.2) is 0 Å². The second-order valence-corrected chi connectivity index (χ2v) is 7.30. The summed E-state index contributed by atoms with van der Waals surface area (Å²) >= 11 is 0. The fourth-order valence-electron chi connectivity index (χ4n) is 3.39. The van der Waals surface area contributed by atoms with Crippen molar-refractivity contribution in [1.29, 1.82) is 0 Å². The first-order valence-corrected chi connectivity index (χ1v) is 8.56. The summed E-state index contributed by atoms with van der Waals surface area (Å²) in [6.45, 7) is 6.74. The summed E-state index contributed by atoms with van der Waals surface area (Å²) in [5.74, 6) is 0.0390. The van der Waals surface area contributed by atoms with E-state index in [0.29, 0.717) is 19.6 Å². The van der Waals surface area contributed by atoms with Gasteiger partial charge in [0, 0.05) is 18.5 Å². The lowest BCUT2D eigenvalue weighted by atomic mass is 9.80. The number of benzene rings is 1. The Morgan fingerprint density at radius 3 is 2.58 bits per heavy atom. The van der Waals surface area contributed by atoms with Crippen molar-refractivity contribution in [3.8, 4) is 0 Å². The van der Waals surface area contributed by atoms with Crippen molar-refractivity contribution in [3.63, 3.8) is 0 Å². The van der Waals surface area contributed by atoms with E-state index in [0.717, 1.165) is 18.4 Å². The molecule has 0 bridgehead atoms. The van der Waals surface area contributed by atoms with Gasteiger partial charge < -0.3 is 15.4 Å². The Morgan fingerprint density at radius 1 is 1.33 bits per heavy atom. The average molecular weight is 332 g/mol. The molecule has 1 aliphatic heterocycles. The van der Waals surface area contributed by atoms with Crippen LogP contribution in [-0.2, 0) is 20.9 Å². The maximum atomic E-state index is 12.2. The second kappa shape index (κ2) is 7.79. The number of piperidine rings is 1. The van der Waals surface area contributed by atoms with E-state index in [4.69, 9.17) is 10.5 Å². The summed E-state index contributed by atoms with van der Waals surface area (Å²) in [5, 5.41) is 0. The Balaban J connectivity index is 1.84. The molecule has 132 valence electrons. The predicted molar refractivity (Wildman–Crippen MR) is 93.0 cm³/mol. The summed E-state index contributed by atoms with van der Waals surface area (Å²) < 4.78 is 5.37. The fourth-order valence-corrected chi connectivity index (χ4v) is 3.39. The molecule has 1 aromatic rings. The van der Waals surface area contributed by atoms with Gasteiger partial charge in [-0.25, -0.2) is 0 Å². The Morgan fingerprint density at radius 2 is 2.00 bits per heavy atom. The lowest BCUT2D eigenvalue weighted by Crippen LogP contribution is -2.56. The first-order chi connectivity index (χ1) is 11.3. The van der Waals surface area contributed by atoms with E-state index in [1.165, 1.54) is 0 Å². The lowest BCUT2D eigenvalue weighted by Gasteiger charge is -2.46. The predicted octanol–water partition coefficient (Wildman–Crippen LogP) is 2.48. The highest BCUT2D eigenvalue weighted by Gasteiger charge is 2.38. The third-order valence-corrected chi connectivity index (χ3v) is 4.63. The molecule has 5 nitrogen and oxygen atoms in total. The molecular formula is C19H28N2O3. The van der Waals surface area contributed by atoms with Gasteiger partial charge in [-0.1, -0.05) is 30.3 Å². The van der Waals surface area contributed by atoms with Crippen LogP contribution in [0, 0.1) is 5.92 Å². The van der Waals surface area contributed by atoms with Crippen LogP contribution in [0.3, 0.4) is 0 Å². The minimum Gasteiger partial charge on any atom is -0.461 e. The van der Waals surface area contributed by atoms with Crippen molar-refractivity contribution in [2.75, 3.05) is 6.54 Å². The minimum absolute atomic E-state index is 0.0231. The van der Waals surface area contributed by atoms with Crippen molar-refractivity contribution in [2.45, 2.75) is 58.2 Å². The molecule has 1 saturated heterocycles. The van der Waals surface area contributed by atoms with Crippen molar-refractivity contribution in [2.24, 2.45) is 11.7 Å². The zero-order valence-electron chi connectivity index (χ0n) is 14.8. The van der Waals surface area contributed by atoms with Gasteiger partial charge in [0.2, 0.25) is 5.91 Å². The van der Waals surface area contributed by atoms with Gasteiger partial charge in [0.25, 0.3) is 0 Å². The number of carbonyl (C=O) groups is 2. The zero-order valence-corrected chi connectivity index (χ0v) is 14.8. The number of hydrogen-bond donors (Lipinski definition) is 1. The van der Waals surface area contributed by atoms with Crippen LogP contribution in [0.1, 0.15) is 45.6 Å². The molecule has 1 aliphatic rings. The fraction of sp³-hybridized carbons (Fsp3) is 0.579. The van der Waals surface area contributed by atoms with Gasteiger partial charge in [-0.3, -0.25) is 9.59 Å². The van der Waals surface area contributed by atoms with E-state index in [1.807, 2.05) is 49.1 Å². The summed E-state index contributed by atoms with van der Waals surface area (Å²) in [6, 6.07) is 9.18. The number of nitrogens with two attached hydrogens (primary N) is 1. The Hall–Kier alpha value is -1.88. The number of amides is 1. The normalized spacial score (nSPS) is 21.2. The van der Waals surface area contributed by atoms with Gasteiger partial charge in [-0.15, -0.1) is 0 Å². The number of hydrogen-bond acceptors (Lipinski definition) is 4. The molecule has 1 heterocycles. The highest BCUT2D eigenvalue weighted by atomic mass is 16.5. The first-order valence-electron chi connectivity index (χ1n) is 8.56. The van der Waals surface area contributed by atoms with Crippen LogP contribution in [0.25, 0.3) is 0 Å². The highest BCUT2D eigenvalue weighted by molar-refractivity contribution is 5.82. The van der Waals surface area contributed by atoms with Gasteiger partial charge in [-0.05, 0) is 45.1 Å². The first kappa shape index (κ1) is 18.5. The molecule has 1 amide bonds. The van der Waals surface area contributed by atoms with Crippen LogP contribution in [0.5, 0.6) is 0 Å². The molecule has 0 radical (unpaired) electrons. The topological polar surface area (TPSA) is 72.6 Å². The Kier molecular flexibility index (Phi) is 5.99. The molecule has 0 aromatic heterocycles. The minimum atomic E-state index is -0.489. The van der Waals surface area contributed by atoms with Crippen molar-refractivity contribution >= 4 is 11.9 Å². The SMILES string of the molecule is CC(N)C(=O)N1CCC(CC(=O)OCc2ccccc2)CC1(C)C. The Bertz CT molecular complexity index is 569. The van der Waals surface area contributed by atoms with Crippen LogP contribution in [-0.4, -0.2) is 34.9 Å². The molecule has 1 aromatic carbocycles. The van der Waals surface area contributed by atoms with Crippen molar-refractivity contribution in [3.05, 3.63) is 35.9 Å². The molecule has 0 spiro atoms. The van der Waals surface area contributed by atoms with E-state index in [2.05, 4.69) is 0 Å². The maximum Gasteiger partial charge on any atom is 0.306 e. The van der Waals surface area contributed by atoms with Crippen molar-refractivity contribution in [1.82, 2.24) is 4.90 Å². The van der Waals surface area contributed by atoms with E-state index in [-0.39, 0.29) is 23.3 Å². The molecular weight excluding hydrogens is 304 g/mol. The largest absolute Gasteiger partial charge is 0.461 e. The van der Waals surface area contributed by atoms with Gasteiger partial charge in [0.1, 0.15) is 6.61 Å². The van der Waals surface area contributed by atoms with Crippen molar-refractivity contribution < 1.29 is 14.3 Å². The van der Waals surface area contributed by atoms with Crippen LogP contribution in [0.4, 0.5) is 0 Å². The molecule has 0 aliphatic carbocycles. The monoisotopic (exact) mass is 332 g/mol. The van der Waals surface area contributed by atoms with Crippen LogP contribution < -0.4 is 5.73 Å². The maximum absolute atomic E-state index is 12.2. The number of rotatable bonds is 5. The summed E-state index contributed by atoms with van der Waals surface area (Å²) in [6.07, 6.45) is 1.99.